The Hall–Kier alpha value is -2.02. The third-order valence-electron chi connectivity index (χ3n) is 3.64. The van der Waals surface area contributed by atoms with Crippen molar-refractivity contribution in [3.63, 3.8) is 0 Å². The van der Waals surface area contributed by atoms with Crippen LogP contribution in [0.25, 0.3) is 10.4 Å². The molecule has 0 bridgehead atoms. The van der Waals surface area contributed by atoms with Gasteiger partial charge in [-0.2, -0.15) is 5.10 Å². The predicted molar refractivity (Wildman–Crippen MR) is 88.8 cm³/mol. The molecular formula is C16H21N3O3S. The van der Waals surface area contributed by atoms with E-state index >= 15 is 0 Å². The van der Waals surface area contributed by atoms with Crippen LogP contribution in [0.1, 0.15) is 32.4 Å². The van der Waals surface area contributed by atoms with Crippen LogP contribution >= 0.6 is 11.3 Å². The average molecular weight is 335 g/mol. The van der Waals surface area contributed by atoms with Crippen molar-refractivity contribution in [3.05, 3.63) is 23.3 Å². The van der Waals surface area contributed by atoms with Gasteiger partial charge in [0.2, 0.25) is 0 Å². The third kappa shape index (κ3) is 3.06. The first kappa shape index (κ1) is 15.9. The number of thiophene rings is 1. The molecule has 23 heavy (non-hydrogen) atoms. The summed E-state index contributed by atoms with van der Waals surface area (Å²) in [5, 5.41) is 6.22. The van der Waals surface area contributed by atoms with Gasteiger partial charge in [0, 0.05) is 41.7 Å². The zero-order chi connectivity index (χ0) is 16.8. The fraction of sp³-hybridized carbons (Fsp3) is 0.500. The summed E-state index contributed by atoms with van der Waals surface area (Å²) in [6.07, 6.45) is 3.45. The van der Waals surface area contributed by atoms with Crippen molar-refractivity contribution in [1.29, 1.82) is 0 Å². The van der Waals surface area contributed by atoms with Crippen LogP contribution in [0, 0.1) is 0 Å². The SMILES string of the molecule is CN(C(=O)OC(C)(C)C)C1COc2csc(-c3cnn(C)c3)c21. The molecule has 0 fully saturated rings. The van der Waals surface area contributed by atoms with E-state index in [4.69, 9.17) is 9.47 Å². The van der Waals surface area contributed by atoms with Crippen molar-refractivity contribution in [1.82, 2.24) is 14.7 Å². The number of carbonyl (C=O) groups excluding carboxylic acids is 1. The van der Waals surface area contributed by atoms with Gasteiger partial charge in [-0.15, -0.1) is 11.3 Å². The number of aryl methyl sites for hydroxylation is 1. The zero-order valence-corrected chi connectivity index (χ0v) is 14.8. The molecule has 3 rings (SSSR count). The maximum Gasteiger partial charge on any atom is 0.410 e. The molecule has 1 unspecified atom stereocenters. The van der Waals surface area contributed by atoms with Crippen molar-refractivity contribution in [3.8, 4) is 16.2 Å². The van der Waals surface area contributed by atoms with Crippen molar-refractivity contribution in [2.24, 2.45) is 7.05 Å². The fourth-order valence-corrected chi connectivity index (χ4v) is 3.58. The number of carbonyl (C=O) groups is 1. The van der Waals surface area contributed by atoms with Crippen molar-refractivity contribution in [2.75, 3.05) is 13.7 Å². The molecule has 0 aromatic carbocycles. The minimum Gasteiger partial charge on any atom is -0.490 e. The highest BCUT2D eigenvalue weighted by Gasteiger charge is 2.36. The molecule has 2 aromatic rings. The fourth-order valence-electron chi connectivity index (χ4n) is 2.56. The van der Waals surface area contributed by atoms with Gasteiger partial charge in [-0.25, -0.2) is 4.79 Å². The summed E-state index contributed by atoms with van der Waals surface area (Å²) in [6, 6.07) is -0.152. The summed E-state index contributed by atoms with van der Waals surface area (Å²) in [4.78, 5) is 15.1. The van der Waals surface area contributed by atoms with E-state index in [1.54, 1.807) is 28.0 Å². The second kappa shape index (κ2) is 5.56. The first-order valence-corrected chi connectivity index (χ1v) is 8.33. The maximum atomic E-state index is 12.4. The highest BCUT2D eigenvalue weighted by atomic mass is 32.1. The molecule has 0 saturated heterocycles. The van der Waals surface area contributed by atoms with E-state index in [-0.39, 0.29) is 12.1 Å². The van der Waals surface area contributed by atoms with Gasteiger partial charge in [0.05, 0.1) is 12.2 Å². The van der Waals surface area contributed by atoms with Gasteiger partial charge in [0.1, 0.15) is 18.0 Å². The van der Waals surface area contributed by atoms with Crippen LogP contribution in [0.5, 0.6) is 5.75 Å². The molecular weight excluding hydrogens is 314 g/mol. The Bertz CT molecular complexity index is 729. The molecule has 124 valence electrons. The molecule has 0 spiro atoms. The lowest BCUT2D eigenvalue weighted by Crippen LogP contribution is -2.37. The van der Waals surface area contributed by atoms with Gasteiger partial charge in [-0.3, -0.25) is 4.68 Å². The van der Waals surface area contributed by atoms with E-state index in [2.05, 4.69) is 5.10 Å². The first-order valence-electron chi connectivity index (χ1n) is 7.45. The molecule has 0 N–H and O–H groups in total. The van der Waals surface area contributed by atoms with Gasteiger partial charge in [0.15, 0.2) is 0 Å². The summed E-state index contributed by atoms with van der Waals surface area (Å²) in [6.45, 7) is 6.03. The van der Waals surface area contributed by atoms with Crippen molar-refractivity contribution < 1.29 is 14.3 Å². The molecule has 0 aliphatic carbocycles. The average Bonchev–Trinajstić information content (AvgIpc) is 3.11. The topological polar surface area (TPSA) is 56.6 Å². The Morgan fingerprint density at radius 2 is 2.26 bits per heavy atom. The quantitative estimate of drug-likeness (QED) is 0.843. The minimum atomic E-state index is -0.519. The molecule has 1 amide bonds. The summed E-state index contributed by atoms with van der Waals surface area (Å²) in [5.74, 6) is 0.842. The predicted octanol–water partition coefficient (Wildman–Crippen LogP) is 3.45. The molecule has 2 aromatic heterocycles. The van der Waals surface area contributed by atoms with Crippen LogP contribution < -0.4 is 4.74 Å². The van der Waals surface area contributed by atoms with Gasteiger partial charge < -0.3 is 14.4 Å². The van der Waals surface area contributed by atoms with E-state index in [1.165, 1.54) is 0 Å². The molecule has 7 heteroatoms. The van der Waals surface area contributed by atoms with E-state index in [1.807, 2.05) is 45.6 Å². The number of rotatable bonds is 2. The second-order valence-electron chi connectivity index (χ2n) is 6.66. The Morgan fingerprint density at radius 3 is 2.87 bits per heavy atom. The van der Waals surface area contributed by atoms with Crippen molar-refractivity contribution >= 4 is 17.4 Å². The monoisotopic (exact) mass is 335 g/mol. The minimum absolute atomic E-state index is 0.152. The number of amides is 1. The smallest absolute Gasteiger partial charge is 0.410 e. The summed E-state index contributed by atoms with van der Waals surface area (Å²) in [5.41, 5.74) is 1.55. The molecule has 0 radical (unpaired) electrons. The van der Waals surface area contributed by atoms with Crippen LogP contribution in [0.3, 0.4) is 0 Å². The lowest BCUT2D eigenvalue weighted by Gasteiger charge is -2.28. The summed E-state index contributed by atoms with van der Waals surface area (Å²) < 4.78 is 13.0. The Kier molecular flexibility index (Phi) is 3.83. The molecule has 6 nitrogen and oxygen atoms in total. The van der Waals surface area contributed by atoms with Crippen LogP contribution in [0.2, 0.25) is 0 Å². The van der Waals surface area contributed by atoms with Gasteiger partial charge in [0.25, 0.3) is 0 Å². The second-order valence-corrected chi connectivity index (χ2v) is 7.54. The summed E-state index contributed by atoms with van der Waals surface area (Å²) in [7, 11) is 3.64. The van der Waals surface area contributed by atoms with Gasteiger partial charge >= 0.3 is 6.09 Å². The van der Waals surface area contributed by atoms with Crippen LogP contribution in [-0.4, -0.2) is 40.0 Å². The number of nitrogens with zero attached hydrogens (tertiary/aromatic N) is 3. The largest absolute Gasteiger partial charge is 0.490 e. The lowest BCUT2D eigenvalue weighted by molar-refractivity contribution is 0.0202. The van der Waals surface area contributed by atoms with Gasteiger partial charge in [-0.05, 0) is 20.8 Å². The Morgan fingerprint density at radius 1 is 1.52 bits per heavy atom. The highest BCUT2D eigenvalue weighted by molar-refractivity contribution is 7.14. The van der Waals surface area contributed by atoms with Crippen LogP contribution in [0.15, 0.2) is 17.8 Å². The number of hydrogen-bond donors (Lipinski definition) is 0. The first-order chi connectivity index (χ1) is 10.8. The molecule has 1 aliphatic heterocycles. The highest BCUT2D eigenvalue weighted by Crippen LogP contribution is 2.46. The molecule has 1 atom stereocenters. The Labute approximate surface area is 139 Å². The van der Waals surface area contributed by atoms with E-state index in [0.717, 1.165) is 21.8 Å². The number of hydrogen-bond acceptors (Lipinski definition) is 5. The zero-order valence-electron chi connectivity index (χ0n) is 14.0. The van der Waals surface area contributed by atoms with Crippen molar-refractivity contribution in [2.45, 2.75) is 32.4 Å². The normalized spacial score (nSPS) is 16.8. The van der Waals surface area contributed by atoms with Crippen LogP contribution in [-0.2, 0) is 11.8 Å². The molecule has 3 heterocycles. The van der Waals surface area contributed by atoms with E-state index < -0.39 is 5.60 Å². The number of ether oxygens (including phenoxy) is 2. The van der Waals surface area contributed by atoms with Crippen LogP contribution in [0.4, 0.5) is 4.79 Å². The van der Waals surface area contributed by atoms with Gasteiger partial charge in [-0.1, -0.05) is 0 Å². The molecule has 0 saturated carbocycles. The Balaban J connectivity index is 1.89. The third-order valence-corrected chi connectivity index (χ3v) is 4.66. The number of fused-ring (bicyclic) bond motifs is 1. The lowest BCUT2D eigenvalue weighted by atomic mass is 10.1. The maximum absolute atomic E-state index is 12.4. The number of likely N-dealkylation sites (N-methyl/N-ethyl adjacent to an activating group) is 1. The number of aromatic nitrogens is 2. The van der Waals surface area contributed by atoms with E-state index in [0.29, 0.717) is 6.61 Å². The van der Waals surface area contributed by atoms with E-state index in [9.17, 15) is 4.79 Å². The molecule has 1 aliphatic rings. The standard InChI is InChI=1S/C16H21N3O3S/c1-16(2,3)22-15(20)19(5)11-8-21-12-9-23-14(13(11)12)10-6-17-18(4)7-10/h6-7,9,11H,8H2,1-5H3. The summed E-state index contributed by atoms with van der Waals surface area (Å²) >= 11 is 1.61.